The Morgan fingerprint density at radius 2 is 1.64 bits per heavy atom. The van der Waals surface area contributed by atoms with E-state index in [1.165, 1.54) is 6.55 Å². The Morgan fingerprint density at radius 3 is 1.71 bits per heavy atom. The molecule has 0 heterocycles. The first-order valence-corrected chi connectivity index (χ1v) is 6.99. The first kappa shape index (κ1) is 13.6. The summed E-state index contributed by atoms with van der Waals surface area (Å²) in [5.74, 6) is 0. The minimum Gasteiger partial charge on any atom is -0.332 e. The maximum Gasteiger partial charge on any atom is 0.445 e. The van der Waals surface area contributed by atoms with Crippen molar-refractivity contribution in [3.8, 4) is 0 Å². The number of rotatable bonds is 2. The second-order valence-corrected chi connectivity index (χ2v) is 9.64. The SMILES string of the molecule is CC(C)(C)[Si](C)(CN)C(=O)C(F)(F)F. The Kier molecular flexibility index (Phi) is 3.56. The van der Waals surface area contributed by atoms with Crippen LogP contribution in [0.2, 0.25) is 11.6 Å². The number of halogens is 3. The highest BCUT2D eigenvalue weighted by Crippen LogP contribution is 2.39. The third-order valence-electron chi connectivity index (χ3n) is 2.82. The fourth-order valence-corrected chi connectivity index (χ4v) is 3.16. The van der Waals surface area contributed by atoms with Gasteiger partial charge in [0.1, 0.15) is 0 Å². The highest BCUT2D eigenvalue weighted by Gasteiger charge is 2.56. The lowest BCUT2D eigenvalue weighted by Gasteiger charge is -2.37. The maximum absolute atomic E-state index is 12.3. The van der Waals surface area contributed by atoms with Crippen LogP contribution in [0.15, 0.2) is 0 Å². The fourth-order valence-electron chi connectivity index (χ4n) is 1.05. The van der Waals surface area contributed by atoms with E-state index in [9.17, 15) is 18.0 Å². The monoisotopic (exact) mass is 227 g/mol. The molecule has 0 rings (SSSR count). The molecule has 0 saturated heterocycles. The van der Waals surface area contributed by atoms with E-state index < -0.39 is 24.7 Å². The highest BCUT2D eigenvalue weighted by molar-refractivity contribution is 7.07. The Balaban J connectivity index is 5.19. The zero-order chi connectivity index (χ0) is 11.8. The Morgan fingerprint density at radius 1 is 1.29 bits per heavy atom. The molecule has 0 aromatic heterocycles. The van der Waals surface area contributed by atoms with Gasteiger partial charge in [-0.15, -0.1) is 0 Å². The van der Waals surface area contributed by atoms with Gasteiger partial charge in [-0.25, -0.2) is 0 Å². The summed E-state index contributed by atoms with van der Waals surface area (Å²) < 4.78 is 36.9. The van der Waals surface area contributed by atoms with Gasteiger partial charge in [0.05, 0.1) is 0 Å². The van der Waals surface area contributed by atoms with Crippen molar-refractivity contribution in [3.63, 3.8) is 0 Å². The summed E-state index contributed by atoms with van der Waals surface area (Å²) in [4.78, 5) is 11.2. The number of carbonyl (C=O) groups is 1. The molecule has 2 nitrogen and oxygen atoms in total. The number of carbonyl (C=O) groups excluding carboxylic acids is 1. The van der Waals surface area contributed by atoms with Crippen LogP contribution in [-0.2, 0) is 4.79 Å². The van der Waals surface area contributed by atoms with Crippen LogP contribution in [-0.4, -0.2) is 25.8 Å². The normalized spacial score (nSPS) is 17.7. The van der Waals surface area contributed by atoms with Crippen LogP contribution in [0.1, 0.15) is 20.8 Å². The van der Waals surface area contributed by atoms with E-state index in [1.807, 2.05) is 0 Å². The summed E-state index contributed by atoms with van der Waals surface area (Å²) in [6.07, 6.45) is -4.93. The summed E-state index contributed by atoms with van der Waals surface area (Å²) in [7, 11) is -3.15. The van der Waals surface area contributed by atoms with E-state index >= 15 is 0 Å². The third-order valence-corrected chi connectivity index (χ3v) is 8.24. The predicted molar refractivity (Wildman–Crippen MR) is 51.4 cm³/mol. The molecule has 0 bridgehead atoms. The standard InChI is InChI=1S/C8H16F3NOSi/c1-7(2,3)14(4,5-12)6(13)8(9,10)11/h5,12H2,1-4H3. The fraction of sp³-hybridized carbons (Fsp3) is 0.875. The van der Waals surface area contributed by atoms with Crippen LogP contribution < -0.4 is 5.73 Å². The van der Waals surface area contributed by atoms with Gasteiger partial charge in [-0.3, -0.25) is 4.79 Å². The van der Waals surface area contributed by atoms with Gasteiger partial charge in [0.2, 0.25) is 5.41 Å². The average Bonchev–Trinajstić information content (AvgIpc) is 1.97. The van der Waals surface area contributed by atoms with E-state index in [0.29, 0.717) is 0 Å². The van der Waals surface area contributed by atoms with Crippen LogP contribution >= 0.6 is 0 Å². The summed E-state index contributed by atoms with van der Waals surface area (Å²) in [5.41, 5.74) is 5.33. The van der Waals surface area contributed by atoms with Crippen molar-refractivity contribution in [2.45, 2.75) is 38.5 Å². The van der Waals surface area contributed by atoms with Gasteiger partial charge in [-0.1, -0.05) is 27.3 Å². The summed E-state index contributed by atoms with van der Waals surface area (Å²) in [6, 6.07) is 0. The topological polar surface area (TPSA) is 43.1 Å². The van der Waals surface area contributed by atoms with Crippen LogP contribution in [0, 0.1) is 0 Å². The van der Waals surface area contributed by atoms with E-state index in [-0.39, 0.29) is 6.17 Å². The molecular formula is C8H16F3NOSi. The van der Waals surface area contributed by atoms with Gasteiger partial charge in [0, 0.05) is 0 Å². The van der Waals surface area contributed by atoms with Crippen molar-refractivity contribution in [1.29, 1.82) is 0 Å². The van der Waals surface area contributed by atoms with Gasteiger partial charge in [-0.2, -0.15) is 13.2 Å². The van der Waals surface area contributed by atoms with Crippen LogP contribution in [0.4, 0.5) is 13.2 Å². The lowest BCUT2D eigenvalue weighted by molar-refractivity contribution is -0.163. The molecule has 0 aromatic rings. The number of hydrogen-bond acceptors (Lipinski definition) is 2. The molecule has 84 valence electrons. The summed E-state index contributed by atoms with van der Waals surface area (Å²) in [5, 5.41) is -2.28. The summed E-state index contributed by atoms with van der Waals surface area (Å²) in [6.45, 7) is 6.30. The molecule has 0 aromatic carbocycles. The lowest BCUT2D eigenvalue weighted by Crippen LogP contribution is -2.60. The maximum atomic E-state index is 12.3. The predicted octanol–water partition coefficient (Wildman–Crippen LogP) is 2.03. The van der Waals surface area contributed by atoms with Crippen molar-refractivity contribution < 1.29 is 18.0 Å². The first-order valence-electron chi connectivity index (χ1n) is 4.28. The van der Waals surface area contributed by atoms with E-state index in [4.69, 9.17) is 5.73 Å². The molecular weight excluding hydrogens is 211 g/mol. The largest absolute Gasteiger partial charge is 0.445 e. The van der Waals surface area contributed by atoms with E-state index in [2.05, 4.69) is 0 Å². The zero-order valence-electron chi connectivity index (χ0n) is 8.83. The number of hydrogen-bond donors (Lipinski definition) is 1. The van der Waals surface area contributed by atoms with Crippen molar-refractivity contribution in [1.82, 2.24) is 0 Å². The molecule has 0 aliphatic carbocycles. The molecule has 0 aliphatic heterocycles. The van der Waals surface area contributed by atoms with Gasteiger partial charge in [0.15, 0.2) is 8.07 Å². The molecule has 6 heteroatoms. The Bertz CT molecular complexity index is 234. The molecule has 0 spiro atoms. The molecule has 0 fully saturated rings. The zero-order valence-corrected chi connectivity index (χ0v) is 9.83. The molecule has 14 heavy (non-hydrogen) atoms. The van der Waals surface area contributed by atoms with E-state index in [1.54, 1.807) is 20.8 Å². The molecule has 0 amide bonds. The Hall–Kier alpha value is -0.363. The second kappa shape index (κ2) is 3.66. The van der Waals surface area contributed by atoms with Gasteiger partial charge in [-0.05, 0) is 11.2 Å². The smallest absolute Gasteiger partial charge is 0.332 e. The highest BCUT2D eigenvalue weighted by atomic mass is 28.3. The number of alkyl halides is 3. The van der Waals surface area contributed by atoms with Crippen molar-refractivity contribution in [2.24, 2.45) is 5.73 Å². The Labute approximate surface area is 82.7 Å². The van der Waals surface area contributed by atoms with Crippen molar-refractivity contribution in [3.05, 3.63) is 0 Å². The van der Waals surface area contributed by atoms with Crippen LogP contribution in [0.25, 0.3) is 0 Å². The molecule has 1 unspecified atom stereocenters. The van der Waals surface area contributed by atoms with Gasteiger partial charge >= 0.3 is 6.18 Å². The first-order chi connectivity index (χ1) is 5.97. The van der Waals surface area contributed by atoms with Gasteiger partial charge < -0.3 is 5.73 Å². The van der Waals surface area contributed by atoms with Crippen LogP contribution in [0.3, 0.4) is 0 Å². The second-order valence-electron chi connectivity index (χ2n) is 4.61. The molecule has 0 saturated carbocycles. The number of nitrogens with two attached hydrogens (primary N) is 1. The minimum absolute atomic E-state index is 0.172. The van der Waals surface area contributed by atoms with E-state index in [0.717, 1.165) is 0 Å². The lowest BCUT2D eigenvalue weighted by atomic mass is 10.2. The quantitative estimate of drug-likeness (QED) is 0.733. The summed E-state index contributed by atoms with van der Waals surface area (Å²) >= 11 is 0. The third kappa shape index (κ3) is 2.36. The van der Waals surface area contributed by atoms with Gasteiger partial charge in [0.25, 0.3) is 0 Å². The van der Waals surface area contributed by atoms with Crippen molar-refractivity contribution in [2.75, 3.05) is 6.17 Å². The molecule has 2 N–H and O–H groups in total. The van der Waals surface area contributed by atoms with Crippen molar-refractivity contribution >= 4 is 13.5 Å². The van der Waals surface area contributed by atoms with Crippen LogP contribution in [0.5, 0.6) is 0 Å². The molecule has 0 aliphatic rings. The minimum atomic E-state index is -4.76. The average molecular weight is 227 g/mol. The molecule has 1 atom stereocenters. The molecule has 0 radical (unpaired) electrons.